The fourth-order valence-corrected chi connectivity index (χ4v) is 3.02. The number of benzene rings is 2. The number of aliphatic hydroxyl groups is 1. The average Bonchev–Trinajstić information content (AvgIpc) is 3.06. The van der Waals surface area contributed by atoms with Crippen molar-refractivity contribution in [3.05, 3.63) is 95.8 Å². The maximum atomic E-state index is 13.3. The molecule has 1 amide bonds. The summed E-state index contributed by atoms with van der Waals surface area (Å²) in [6.45, 7) is 0.421. The molecule has 0 radical (unpaired) electrons. The lowest BCUT2D eigenvalue weighted by Gasteiger charge is -2.32. The molecule has 0 spiro atoms. The molecule has 2 aromatic carbocycles. The molecule has 0 saturated heterocycles. The molecule has 0 fully saturated rings. The minimum atomic E-state index is -1.72. The predicted molar refractivity (Wildman–Crippen MR) is 97.8 cm³/mol. The Morgan fingerprint density at radius 3 is 1.92 bits per heavy atom. The van der Waals surface area contributed by atoms with Crippen LogP contribution in [0, 0.1) is 0 Å². The first-order valence-electron chi connectivity index (χ1n) is 8.22. The Balaban J connectivity index is 2.00. The number of likely N-dealkylation sites (N-methyl/N-ethyl adjacent to an activating group) is 1. The van der Waals surface area contributed by atoms with Crippen LogP contribution in [0.25, 0.3) is 0 Å². The third-order valence-corrected chi connectivity index (χ3v) is 4.49. The average molecular weight is 334 g/mol. The zero-order valence-electron chi connectivity index (χ0n) is 14.5. The Bertz CT molecular complexity index is 801. The molecule has 3 aromatic rings. The molecule has 0 atom stereocenters. The van der Waals surface area contributed by atoms with Crippen molar-refractivity contribution < 1.29 is 9.90 Å². The van der Waals surface area contributed by atoms with E-state index in [1.165, 1.54) is 0 Å². The molecule has 0 unspecified atom stereocenters. The normalized spacial score (nSPS) is 11.3. The van der Waals surface area contributed by atoms with Crippen molar-refractivity contribution in [2.75, 3.05) is 7.05 Å². The van der Waals surface area contributed by atoms with Gasteiger partial charge < -0.3 is 14.6 Å². The van der Waals surface area contributed by atoms with Crippen molar-refractivity contribution >= 4 is 5.91 Å². The molecule has 4 nitrogen and oxygen atoms in total. The van der Waals surface area contributed by atoms with Crippen molar-refractivity contribution in [1.29, 1.82) is 0 Å². The van der Waals surface area contributed by atoms with Crippen LogP contribution in [-0.4, -0.2) is 27.5 Å². The molecule has 3 rings (SSSR count). The monoisotopic (exact) mass is 334 g/mol. The van der Waals surface area contributed by atoms with Crippen LogP contribution in [0.5, 0.6) is 0 Å². The minimum Gasteiger partial charge on any atom is -0.372 e. The van der Waals surface area contributed by atoms with Gasteiger partial charge in [0.15, 0.2) is 5.60 Å². The van der Waals surface area contributed by atoms with E-state index in [9.17, 15) is 9.90 Å². The molecule has 0 aliphatic heterocycles. The molecule has 0 aliphatic rings. The van der Waals surface area contributed by atoms with Crippen LogP contribution >= 0.6 is 0 Å². The topological polar surface area (TPSA) is 45.5 Å². The van der Waals surface area contributed by atoms with Crippen molar-refractivity contribution in [2.24, 2.45) is 7.05 Å². The van der Waals surface area contributed by atoms with Crippen molar-refractivity contribution in [3.8, 4) is 0 Å². The largest absolute Gasteiger partial charge is 0.372 e. The number of hydrogen-bond donors (Lipinski definition) is 1. The van der Waals surface area contributed by atoms with Crippen LogP contribution in [0.1, 0.15) is 16.8 Å². The van der Waals surface area contributed by atoms with E-state index in [-0.39, 0.29) is 5.91 Å². The van der Waals surface area contributed by atoms with Gasteiger partial charge in [0, 0.05) is 26.0 Å². The van der Waals surface area contributed by atoms with Crippen molar-refractivity contribution in [3.63, 3.8) is 0 Å². The predicted octanol–water partition coefficient (Wildman–Crippen LogP) is 2.92. The second kappa shape index (κ2) is 6.95. The summed E-state index contributed by atoms with van der Waals surface area (Å²) in [5, 5.41) is 11.5. The molecular weight excluding hydrogens is 312 g/mol. The number of aromatic nitrogens is 1. The molecule has 0 saturated carbocycles. The lowest BCUT2D eigenvalue weighted by Crippen LogP contribution is -2.46. The molecule has 128 valence electrons. The van der Waals surface area contributed by atoms with E-state index in [0.717, 1.165) is 5.69 Å². The molecule has 4 heteroatoms. The van der Waals surface area contributed by atoms with Gasteiger partial charge in [-0.3, -0.25) is 4.79 Å². The van der Waals surface area contributed by atoms with Gasteiger partial charge in [-0.05, 0) is 23.3 Å². The Morgan fingerprint density at radius 1 is 0.960 bits per heavy atom. The second-order valence-corrected chi connectivity index (χ2v) is 6.21. The molecule has 25 heavy (non-hydrogen) atoms. The first kappa shape index (κ1) is 17.0. The zero-order valence-corrected chi connectivity index (χ0v) is 14.5. The maximum absolute atomic E-state index is 13.3. The number of nitrogens with zero attached hydrogens (tertiary/aromatic N) is 2. The fraction of sp³-hybridized carbons (Fsp3) is 0.190. The van der Waals surface area contributed by atoms with E-state index in [1.54, 1.807) is 36.2 Å². The van der Waals surface area contributed by atoms with Crippen LogP contribution in [0.4, 0.5) is 0 Å². The van der Waals surface area contributed by atoms with Gasteiger partial charge in [-0.15, -0.1) is 0 Å². The molecule has 1 N–H and O–H groups in total. The van der Waals surface area contributed by atoms with Gasteiger partial charge in [0.1, 0.15) is 0 Å². The summed E-state index contributed by atoms with van der Waals surface area (Å²) in [7, 11) is 3.65. The van der Waals surface area contributed by atoms with Gasteiger partial charge in [-0.2, -0.15) is 0 Å². The number of carbonyl (C=O) groups excluding carboxylic acids is 1. The van der Waals surface area contributed by atoms with Gasteiger partial charge in [0.2, 0.25) is 0 Å². The lowest BCUT2D eigenvalue weighted by atomic mass is 9.85. The third-order valence-electron chi connectivity index (χ3n) is 4.49. The Labute approximate surface area is 148 Å². The van der Waals surface area contributed by atoms with E-state index in [0.29, 0.717) is 17.7 Å². The van der Waals surface area contributed by atoms with Crippen LogP contribution < -0.4 is 0 Å². The second-order valence-electron chi connectivity index (χ2n) is 6.21. The van der Waals surface area contributed by atoms with Gasteiger partial charge in [-0.1, -0.05) is 60.7 Å². The summed E-state index contributed by atoms with van der Waals surface area (Å²) in [5.41, 5.74) is 0.400. The highest BCUT2D eigenvalue weighted by atomic mass is 16.3. The summed E-state index contributed by atoms with van der Waals surface area (Å²) in [5.74, 6) is -0.355. The smallest absolute Gasteiger partial charge is 0.264 e. The van der Waals surface area contributed by atoms with E-state index >= 15 is 0 Å². The van der Waals surface area contributed by atoms with Crippen LogP contribution in [0.3, 0.4) is 0 Å². The summed E-state index contributed by atoms with van der Waals surface area (Å²) in [6, 6.07) is 22.1. The minimum absolute atomic E-state index is 0.355. The Hall–Kier alpha value is -2.85. The number of carbonyl (C=O) groups is 1. The van der Waals surface area contributed by atoms with E-state index < -0.39 is 5.60 Å². The van der Waals surface area contributed by atoms with E-state index in [1.807, 2.05) is 66.3 Å². The van der Waals surface area contributed by atoms with Crippen LogP contribution in [0.2, 0.25) is 0 Å². The number of amides is 1. The highest BCUT2D eigenvalue weighted by Crippen LogP contribution is 2.31. The van der Waals surface area contributed by atoms with Crippen LogP contribution in [0.15, 0.2) is 79.0 Å². The quantitative estimate of drug-likeness (QED) is 0.780. The van der Waals surface area contributed by atoms with E-state index in [2.05, 4.69) is 0 Å². The Kier molecular flexibility index (Phi) is 4.72. The number of hydrogen-bond acceptors (Lipinski definition) is 2. The molecular formula is C21H22N2O2. The molecule has 0 aliphatic carbocycles. The lowest BCUT2D eigenvalue weighted by molar-refractivity contribution is -0.147. The van der Waals surface area contributed by atoms with Gasteiger partial charge in [0.05, 0.1) is 6.54 Å². The standard InChI is InChI=1S/C21H22N2O2/c1-22-15-9-14-19(22)16-23(2)20(24)21(25,17-10-5-3-6-11-17)18-12-7-4-8-13-18/h3-15,25H,16H2,1-2H3. The zero-order chi connectivity index (χ0) is 17.9. The van der Waals surface area contributed by atoms with Crippen molar-refractivity contribution in [1.82, 2.24) is 9.47 Å². The number of rotatable bonds is 5. The van der Waals surface area contributed by atoms with Crippen molar-refractivity contribution in [2.45, 2.75) is 12.1 Å². The first-order valence-corrected chi connectivity index (χ1v) is 8.22. The highest BCUT2D eigenvalue weighted by molar-refractivity contribution is 5.89. The van der Waals surface area contributed by atoms with Crippen LogP contribution in [-0.2, 0) is 24.0 Å². The number of aryl methyl sites for hydroxylation is 1. The summed E-state index contributed by atoms with van der Waals surface area (Å²) in [4.78, 5) is 14.8. The summed E-state index contributed by atoms with van der Waals surface area (Å²) in [6.07, 6.45) is 1.94. The molecule has 0 bridgehead atoms. The summed E-state index contributed by atoms with van der Waals surface area (Å²) < 4.78 is 1.97. The SMILES string of the molecule is CN(Cc1cccn1C)C(=O)C(O)(c1ccccc1)c1ccccc1. The first-order chi connectivity index (χ1) is 12.0. The Morgan fingerprint density at radius 2 is 1.48 bits per heavy atom. The van der Waals surface area contributed by atoms with Gasteiger partial charge in [0.25, 0.3) is 5.91 Å². The maximum Gasteiger partial charge on any atom is 0.264 e. The van der Waals surface area contributed by atoms with E-state index in [4.69, 9.17) is 0 Å². The summed E-state index contributed by atoms with van der Waals surface area (Å²) >= 11 is 0. The van der Waals surface area contributed by atoms with Gasteiger partial charge >= 0.3 is 0 Å². The fourth-order valence-electron chi connectivity index (χ4n) is 3.02. The van der Waals surface area contributed by atoms with Gasteiger partial charge in [-0.25, -0.2) is 0 Å². The molecule has 1 heterocycles. The molecule has 1 aromatic heterocycles. The highest BCUT2D eigenvalue weighted by Gasteiger charge is 2.41. The third kappa shape index (κ3) is 3.21.